The summed E-state index contributed by atoms with van der Waals surface area (Å²) in [6.07, 6.45) is 3.44. The number of fused-ring (bicyclic) bond motifs is 2. The first-order chi connectivity index (χ1) is 15.4. The van der Waals surface area contributed by atoms with Gasteiger partial charge in [-0.05, 0) is 54.8 Å². The lowest BCUT2D eigenvalue weighted by Gasteiger charge is -2.26. The maximum absolute atomic E-state index is 14.8. The van der Waals surface area contributed by atoms with E-state index in [9.17, 15) is 4.39 Å². The fraction of sp³-hybridized carbons (Fsp3) is 0.360. The van der Waals surface area contributed by atoms with Gasteiger partial charge < -0.3 is 15.1 Å². The molecule has 2 aliphatic heterocycles. The highest BCUT2D eigenvalue weighted by molar-refractivity contribution is 6.33. The number of rotatable bonds is 4. The zero-order valence-electron chi connectivity index (χ0n) is 18.6. The highest BCUT2D eigenvalue weighted by Gasteiger charge is 2.39. The number of likely N-dealkylation sites (N-methyl/N-ethyl adjacent to an activating group) is 1. The normalized spacial score (nSPS) is 20.2. The minimum absolute atomic E-state index is 0.00902. The molecule has 0 spiro atoms. The fourth-order valence-electron chi connectivity index (χ4n) is 4.77. The molecule has 0 saturated carbocycles. The predicted octanol–water partition coefficient (Wildman–Crippen LogP) is 5.82. The van der Waals surface area contributed by atoms with Crippen LogP contribution in [0.15, 0.2) is 42.6 Å². The van der Waals surface area contributed by atoms with E-state index in [1.807, 2.05) is 12.1 Å². The summed E-state index contributed by atoms with van der Waals surface area (Å²) >= 11 is 6.55. The molecular formula is C25H27ClFN5. The van der Waals surface area contributed by atoms with E-state index in [2.05, 4.69) is 59.2 Å². The van der Waals surface area contributed by atoms with Gasteiger partial charge in [0.25, 0.3) is 0 Å². The van der Waals surface area contributed by atoms with Crippen molar-refractivity contribution in [2.75, 3.05) is 30.4 Å². The number of hydrogen-bond acceptors (Lipinski definition) is 5. The molecule has 0 radical (unpaired) electrons. The van der Waals surface area contributed by atoms with Crippen molar-refractivity contribution < 1.29 is 4.39 Å². The Kier molecular flexibility index (Phi) is 5.30. The maximum atomic E-state index is 14.8. The van der Waals surface area contributed by atoms with E-state index < -0.39 is 0 Å². The van der Waals surface area contributed by atoms with Crippen LogP contribution < -0.4 is 10.2 Å². The van der Waals surface area contributed by atoms with Crippen LogP contribution in [0.1, 0.15) is 37.0 Å². The third-order valence-corrected chi connectivity index (χ3v) is 7.12. The minimum atomic E-state index is -0.293. The summed E-state index contributed by atoms with van der Waals surface area (Å²) < 4.78 is 14.8. The molecule has 5 rings (SSSR count). The van der Waals surface area contributed by atoms with Crippen molar-refractivity contribution in [2.24, 2.45) is 0 Å². The maximum Gasteiger partial charge on any atom is 0.229 e. The van der Waals surface area contributed by atoms with E-state index in [-0.39, 0.29) is 11.2 Å². The van der Waals surface area contributed by atoms with Gasteiger partial charge in [0.15, 0.2) is 5.82 Å². The molecule has 3 aromatic rings. The number of nitrogens with one attached hydrogen (secondary N) is 1. The molecule has 0 aliphatic carbocycles. The lowest BCUT2D eigenvalue weighted by Crippen LogP contribution is -2.28. The van der Waals surface area contributed by atoms with Crippen molar-refractivity contribution in [1.29, 1.82) is 0 Å². The SMILES string of the molecule is CC[C@]1(C)CN(c2nc(Nc3cc4c(cc3F)CCN(C)C4)ncc2Cl)c2ccccc21. The van der Waals surface area contributed by atoms with E-state index in [1.165, 1.54) is 5.56 Å². The fourth-order valence-corrected chi connectivity index (χ4v) is 4.97. The molecule has 0 amide bonds. The molecule has 0 fully saturated rings. The summed E-state index contributed by atoms with van der Waals surface area (Å²) in [4.78, 5) is 13.4. The molecule has 3 heterocycles. The average molecular weight is 452 g/mol. The number of anilines is 4. The van der Waals surface area contributed by atoms with Gasteiger partial charge in [-0.2, -0.15) is 4.98 Å². The molecule has 32 heavy (non-hydrogen) atoms. The molecule has 1 atom stereocenters. The largest absolute Gasteiger partial charge is 0.324 e. The first kappa shape index (κ1) is 21.2. The van der Waals surface area contributed by atoms with Crippen LogP contribution in [0.25, 0.3) is 0 Å². The molecule has 166 valence electrons. The van der Waals surface area contributed by atoms with E-state index in [0.29, 0.717) is 22.5 Å². The van der Waals surface area contributed by atoms with Crippen LogP contribution in [0.4, 0.5) is 27.5 Å². The molecule has 2 aliphatic rings. The Morgan fingerprint density at radius 1 is 1.22 bits per heavy atom. The van der Waals surface area contributed by atoms with Gasteiger partial charge in [-0.25, -0.2) is 9.37 Å². The minimum Gasteiger partial charge on any atom is -0.324 e. The van der Waals surface area contributed by atoms with Crippen LogP contribution in [-0.2, 0) is 18.4 Å². The van der Waals surface area contributed by atoms with Crippen molar-refractivity contribution in [3.05, 3.63) is 70.1 Å². The number of para-hydroxylation sites is 1. The third kappa shape index (κ3) is 3.61. The van der Waals surface area contributed by atoms with Crippen molar-refractivity contribution >= 4 is 34.7 Å². The van der Waals surface area contributed by atoms with Gasteiger partial charge in [0.1, 0.15) is 10.8 Å². The molecule has 5 nitrogen and oxygen atoms in total. The van der Waals surface area contributed by atoms with E-state index >= 15 is 0 Å². The highest BCUT2D eigenvalue weighted by atomic mass is 35.5. The van der Waals surface area contributed by atoms with Crippen LogP contribution in [0.2, 0.25) is 5.02 Å². The van der Waals surface area contributed by atoms with E-state index in [1.54, 1.807) is 12.3 Å². The molecule has 0 saturated heterocycles. The van der Waals surface area contributed by atoms with Crippen LogP contribution >= 0.6 is 11.6 Å². The molecule has 2 aromatic carbocycles. The van der Waals surface area contributed by atoms with Gasteiger partial charge in [0.05, 0.1) is 11.9 Å². The second-order valence-corrected chi connectivity index (χ2v) is 9.50. The first-order valence-electron chi connectivity index (χ1n) is 11.0. The average Bonchev–Trinajstić information content (AvgIpc) is 3.09. The number of aromatic nitrogens is 2. The lowest BCUT2D eigenvalue weighted by atomic mass is 9.82. The summed E-state index contributed by atoms with van der Waals surface area (Å²) in [7, 11) is 2.08. The molecular weight excluding hydrogens is 425 g/mol. The number of benzene rings is 2. The third-order valence-electron chi connectivity index (χ3n) is 6.85. The van der Waals surface area contributed by atoms with Crippen molar-refractivity contribution in [1.82, 2.24) is 14.9 Å². The van der Waals surface area contributed by atoms with Gasteiger partial charge in [-0.1, -0.05) is 43.6 Å². The van der Waals surface area contributed by atoms with Crippen molar-refractivity contribution in [2.45, 2.75) is 38.6 Å². The summed E-state index contributed by atoms with van der Waals surface area (Å²) in [6.45, 7) is 6.98. The van der Waals surface area contributed by atoms with Crippen LogP contribution in [0.5, 0.6) is 0 Å². The topological polar surface area (TPSA) is 44.3 Å². The van der Waals surface area contributed by atoms with Gasteiger partial charge in [0.2, 0.25) is 5.95 Å². The Morgan fingerprint density at radius 3 is 2.84 bits per heavy atom. The summed E-state index contributed by atoms with van der Waals surface area (Å²) in [5.41, 5.74) is 4.98. The van der Waals surface area contributed by atoms with Gasteiger partial charge in [-0.3, -0.25) is 0 Å². The molecule has 7 heteroatoms. The predicted molar refractivity (Wildman–Crippen MR) is 128 cm³/mol. The quantitative estimate of drug-likeness (QED) is 0.541. The number of hydrogen-bond donors (Lipinski definition) is 1. The summed E-state index contributed by atoms with van der Waals surface area (Å²) in [5, 5.41) is 3.56. The van der Waals surface area contributed by atoms with Gasteiger partial charge in [0, 0.05) is 30.7 Å². The Morgan fingerprint density at radius 2 is 2.03 bits per heavy atom. The second kappa shape index (κ2) is 8.01. The summed E-state index contributed by atoms with van der Waals surface area (Å²) in [6, 6.07) is 11.9. The van der Waals surface area contributed by atoms with Crippen molar-refractivity contribution in [3.63, 3.8) is 0 Å². The van der Waals surface area contributed by atoms with Gasteiger partial charge >= 0.3 is 0 Å². The zero-order chi connectivity index (χ0) is 22.5. The van der Waals surface area contributed by atoms with E-state index in [0.717, 1.165) is 49.3 Å². The van der Waals surface area contributed by atoms with Crippen LogP contribution in [0, 0.1) is 5.82 Å². The molecule has 0 bridgehead atoms. The molecule has 0 unspecified atom stereocenters. The van der Waals surface area contributed by atoms with E-state index in [4.69, 9.17) is 16.6 Å². The number of halogens is 2. The van der Waals surface area contributed by atoms with Crippen molar-refractivity contribution in [3.8, 4) is 0 Å². The monoisotopic (exact) mass is 451 g/mol. The highest BCUT2D eigenvalue weighted by Crippen LogP contribution is 2.47. The van der Waals surface area contributed by atoms with Gasteiger partial charge in [-0.15, -0.1) is 0 Å². The Labute approximate surface area is 193 Å². The standard InChI is InChI=1S/C25H27ClFN5/c1-4-25(2)15-32(22-8-6-5-7-18(22)25)23-19(26)13-28-24(30-23)29-21-12-17-14-31(3)10-9-16(17)11-20(21)27/h5-8,11-13H,4,9-10,14-15H2,1-3H3,(H,28,29,30)/t25-/m1/s1. The first-order valence-corrected chi connectivity index (χ1v) is 11.4. The van der Waals surface area contributed by atoms with Crippen LogP contribution in [0.3, 0.4) is 0 Å². The zero-order valence-corrected chi connectivity index (χ0v) is 19.4. The number of nitrogens with zero attached hydrogens (tertiary/aromatic N) is 4. The Hall–Kier alpha value is -2.70. The summed E-state index contributed by atoms with van der Waals surface area (Å²) in [5.74, 6) is 0.667. The smallest absolute Gasteiger partial charge is 0.229 e. The van der Waals surface area contributed by atoms with Crippen LogP contribution in [-0.4, -0.2) is 35.0 Å². The Balaban J connectivity index is 1.49. The molecule has 1 aromatic heterocycles. The molecule has 1 N–H and O–H groups in total. The lowest BCUT2D eigenvalue weighted by molar-refractivity contribution is 0.312. The Bertz CT molecular complexity index is 1180. The second-order valence-electron chi connectivity index (χ2n) is 9.10.